The lowest BCUT2D eigenvalue weighted by molar-refractivity contribution is -0.123. The van der Waals surface area contributed by atoms with Gasteiger partial charge >= 0.3 is 0 Å². The molecule has 20 heavy (non-hydrogen) atoms. The molecular formula is C16H22FNO2. The van der Waals surface area contributed by atoms with Crippen LogP contribution in [0.25, 0.3) is 0 Å². The van der Waals surface area contributed by atoms with Crippen LogP contribution in [0.15, 0.2) is 24.3 Å². The molecule has 0 saturated heterocycles. The Balaban J connectivity index is 1.91. The molecule has 1 aliphatic rings. The first-order valence-electron chi connectivity index (χ1n) is 7.18. The van der Waals surface area contributed by atoms with Crippen molar-refractivity contribution in [2.24, 2.45) is 11.8 Å². The summed E-state index contributed by atoms with van der Waals surface area (Å²) in [6, 6.07) is 6.41. The molecule has 1 aliphatic carbocycles. The highest BCUT2D eigenvalue weighted by atomic mass is 19.1. The second-order valence-corrected chi connectivity index (χ2v) is 5.99. The molecule has 2 rings (SSSR count). The predicted molar refractivity (Wildman–Crippen MR) is 75.7 cm³/mol. The molecule has 1 aromatic rings. The monoisotopic (exact) mass is 279 g/mol. The van der Waals surface area contributed by atoms with Gasteiger partial charge in [0.2, 0.25) is 5.91 Å². The number of carbonyl (C=O) groups is 1. The normalized spacial score (nSPS) is 22.6. The van der Waals surface area contributed by atoms with Gasteiger partial charge < -0.3 is 10.4 Å². The average Bonchev–Trinajstić information content (AvgIpc) is 3.18. The van der Waals surface area contributed by atoms with Gasteiger partial charge in [0, 0.05) is 5.92 Å². The average molecular weight is 279 g/mol. The van der Waals surface area contributed by atoms with E-state index >= 15 is 0 Å². The molecule has 3 unspecified atom stereocenters. The number of amides is 1. The van der Waals surface area contributed by atoms with Crippen molar-refractivity contribution in [2.45, 2.75) is 38.6 Å². The number of halogens is 1. The zero-order valence-electron chi connectivity index (χ0n) is 12.0. The molecule has 1 aromatic carbocycles. The van der Waals surface area contributed by atoms with Gasteiger partial charge in [-0.2, -0.15) is 0 Å². The van der Waals surface area contributed by atoms with Crippen molar-refractivity contribution >= 4 is 5.91 Å². The lowest BCUT2D eigenvalue weighted by atomic mass is 10.0. The van der Waals surface area contributed by atoms with Crippen molar-refractivity contribution in [1.82, 2.24) is 5.32 Å². The van der Waals surface area contributed by atoms with Crippen molar-refractivity contribution in [3.05, 3.63) is 35.6 Å². The van der Waals surface area contributed by atoms with Gasteiger partial charge in [0.25, 0.3) is 0 Å². The van der Waals surface area contributed by atoms with Crippen molar-refractivity contribution in [1.29, 1.82) is 0 Å². The number of hydrogen-bond donors (Lipinski definition) is 2. The Kier molecular flexibility index (Phi) is 4.76. The van der Waals surface area contributed by atoms with E-state index in [1.807, 2.05) is 13.8 Å². The maximum atomic E-state index is 13.6. The molecule has 2 N–H and O–H groups in total. The Morgan fingerprint density at radius 2 is 2.15 bits per heavy atom. The Hall–Kier alpha value is -1.42. The molecule has 1 amide bonds. The number of carbonyl (C=O) groups excluding carboxylic acids is 1. The topological polar surface area (TPSA) is 49.3 Å². The van der Waals surface area contributed by atoms with Gasteiger partial charge in [-0.25, -0.2) is 4.39 Å². The Bertz CT molecular complexity index is 475. The minimum absolute atomic E-state index is 0.0189. The summed E-state index contributed by atoms with van der Waals surface area (Å²) in [5.41, 5.74) is 0.622. The van der Waals surface area contributed by atoms with Gasteiger partial charge in [-0.1, -0.05) is 32.0 Å². The first kappa shape index (κ1) is 15.0. The van der Waals surface area contributed by atoms with Crippen LogP contribution in [0.3, 0.4) is 0 Å². The molecule has 4 heteroatoms. The molecule has 0 spiro atoms. The quantitative estimate of drug-likeness (QED) is 0.840. The van der Waals surface area contributed by atoms with E-state index < -0.39 is 0 Å². The summed E-state index contributed by atoms with van der Waals surface area (Å²) in [7, 11) is 0. The van der Waals surface area contributed by atoms with E-state index in [-0.39, 0.29) is 36.2 Å². The summed E-state index contributed by atoms with van der Waals surface area (Å²) in [5, 5.41) is 12.1. The molecule has 110 valence electrons. The number of nitrogens with one attached hydrogen (secondary N) is 1. The van der Waals surface area contributed by atoms with E-state index in [1.165, 1.54) is 6.07 Å². The van der Waals surface area contributed by atoms with E-state index in [1.54, 1.807) is 18.2 Å². The Labute approximate surface area is 119 Å². The number of rotatable bonds is 6. The molecule has 3 atom stereocenters. The standard InChI is InChI=1S/C16H22FNO2/c1-10(2)7-11(9-19)18-16(20)14-8-13(14)12-5-3-4-6-15(12)17/h3-6,10-11,13-14,19H,7-9H2,1-2H3,(H,18,20). The van der Waals surface area contributed by atoms with Crippen LogP contribution in [0, 0.1) is 17.7 Å². The second kappa shape index (κ2) is 6.35. The van der Waals surface area contributed by atoms with Gasteiger partial charge in [0.05, 0.1) is 12.6 Å². The van der Waals surface area contributed by atoms with E-state index in [9.17, 15) is 14.3 Å². The molecule has 1 saturated carbocycles. The number of benzene rings is 1. The van der Waals surface area contributed by atoms with E-state index in [0.29, 0.717) is 17.9 Å². The van der Waals surface area contributed by atoms with Gasteiger partial charge in [-0.3, -0.25) is 4.79 Å². The molecule has 0 bridgehead atoms. The highest BCUT2D eigenvalue weighted by Gasteiger charge is 2.45. The first-order valence-corrected chi connectivity index (χ1v) is 7.18. The maximum absolute atomic E-state index is 13.6. The largest absolute Gasteiger partial charge is 0.394 e. The lowest BCUT2D eigenvalue weighted by Gasteiger charge is -2.18. The number of aliphatic hydroxyl groups excluding tert-OH is 1. The zero-order chi connectivity index (χ0) is 14.7. The predicted octanol–water partition coefficient (Wildman–Crippen LogP) is 2.45. The summed E-state index contributed by atoms with van der Waals surface area (Å²) in [6.45, 7) is 4.04. The first-order chi connectivity index (χ1) is 9.52. The van der Waals surface area contributed by atoms with Crippen molar-refractivity contribution in [2.75, 3.05) is 6.61 Å². The third kappa shape index (κ3) is 3.57. The summed E-state index contributed by atoms with van der Waals surface area (Å²) < 4.78 is 13.6. The van der Waals surface area contributed by atoms with Gasteiger partial charge in [-0.15, -0.1) is 0 Å². The van der Waals surface area contributed by atoms with Crippen LogP contribution in [-0.4, -0.2) is 23.7 Å². The minimum atomic E-state index is -0.242. The van der Waals surface area contributed by atoms with Crippen LogP contribution in [0.5, 0.6) is 0 Å². The second-order valence-electron chi connectivity index (χ2n) is 5.99. The van der Waals surface area contributed by atoms with Gasteiger partial charge in [0.15, 0.2) is 0 Å². The van der Waals surface area contributed by atoms with Crippen LogP contribution in [0.1, 0.15) is 38.2 Å². The highest BCUT2D eigenvalue weighted by molar-refractivity contribution is 5.83. The van der Waals surface area contributed by atoms with Gasteiger partial charge in [0.1, 0.15) is 5.82 Å². The van der Waals surface area contributed by atoms with Crippen LogP contribution in [-0.2, 0) is 4.79 Å². The SMILES string of the molecule is CC(C)CC(CO)NC(=O)C1CC1c1ccccc1F. The molecule has 0 aliphatic heterocycles. The molecule has 0 heterocycles. The molecule has 0 radical (unpaired) electrons. The van der Waals surface area contributed by atoms with Crippen molar-refractivity contribution < 1.29 is 14.3 Å². The zero-order valence-corrected chi connectivity index (χ0v) is 12.0. The molecule has 0 aromatic heterocycles. The number of hydrogen-bond acceptors (Lipinski definition) is 2. The summed E-state index contributed by atoms with van der Waals surface area (Å²) in [6.07, 6.45) is 1.44. The van der Waals surface area contributed by atoms with E-state index in [4.69, 9.17) is 0 Å². The highest BCUT2D eigenvalue weighted by Crippen LogP contribution is 2.48. The lowest BCUT2D eigenvalue weighted by Crippen LogP contribution is -2.39. The fourth-order valence-corrected chi connectivity index (χ4v) is 2.66. The van der Waals surface area contributed by atoms with E-state index in [2.05, 4.69) is 5.32 Å². The van der Waals surface area contributed by atoms with Gasteiger partial charge in [-0.05, 0) is 36.3 Å². The van der Waals surface area contributed by atoms with Crippen LogP contribution in [0.4, 0.5) is 4.39 Å². The van der Waals surface area contributed by atoms with Crippen molar-refractivity contribution in [3.63, 3.8) is 0 Å². The molecular weight excluding hydrogens is 257 g/mol. The number of aliphatic hydroxyl groups is 1. The van der Waals surface area contributed by atoms with Crippen LogP contribution < -0.4 is 5.32 Å². The smallest absolute Gasteiger partial charge is 0.224 e. The third-order valence-corrected chi connectivity index (χ3v) is 3.75. The maximum Gasteiger partial charge on any atom is 0.224 e. The molecule has 3 nitrogen and oxygen atoms in total. The van der Waals surface area contributed by atoms with E-state index in [0.717, 1.165) is 6.42 Å². The van der Waals surface area contributed by atoms with Crippen LogP contribution >= 0.6 is 0 Å². The molecule has 1 fully saturated rings. The Morgan fingerprint density at radius 1 is 1.45 bits per heavy atom. The third-order valence-electron chi connectivity index (χ3n) is 3.75. The summed E-state index contributed by atoms with van der Waals surface area (Å²) in [4.78, 5) is 12.1. The van der Waals surface area contributed by atoms with Crippen LogP contribution in [0.2, 0.25) is 0 Å². The fourth-order valence-electron chi connectivity index (χ4n) is 2.66. The summed E-state index contributed by atoms with van der Waals surface area (Å²) >= 11 is 0. The van der Waals surface area contributed by atoms with Crippen molar-refractivity contribution in [3.8, 4) is 0 Å². The Morgan fingerprint density at radius 3 is 2.75 bits per heavy atom. The summed E-state index contributed by atoms with van der Waals surface area (Å²) in [5.74, 6) is -0.0802. The fraction of sp³-hybridized carbons (Fsp3) is 0.562. The minimum Gasteiger partial charge on any atom is -0.394 e.